The molecule has 3 atom stereocenters. The van der Waals surface area contributed by atoms with E-state index in [2.05, 4.69) is 173 Å². The summed E-state index contributed by atoms with van der Waals surface area (Å²) >= 11 is 2.97. The summed E-state index contributed by atoms with van der Waals surface area (Å²) in [5, 5.41) is 9.32. The number of benzene rings is 2. The zero-order valence-electron chi connectivity index (χ0n) is 32.2. The number of hydrogen-bond donors (Lipinski definition) is 1. The first kappa shape index (κ1) is 42.8. The molecule has 4 aliphatic rings. The van der Waals surface area contributed by atoms with Crippen molar-refractivity contribution in [3.8, 4) is 0 Å². The van der Waals surface area contributed by atoms with Crippen molar-refractivity contribution in [2.45, 2.75) is 106 Å². The molecule has 50 heavy (non-hydrogen) atoms. The minimum absolute atomic E-state index is 0. The Bertz CT molecular complexity index is 2050. The zero-order chi connectivity index (χ0) is 35.1. The average molecular weight is 892 g/mol. The molecule has 1 aliphatic heterocycles. The number of allylic oxidation sites excluding steroid dienone is 4. The minimum atomic E-state index is -2.84. The van der Waals surface area contributed by atoms with Gasteiger partial charge in [-0.2, -0.15) is 0 Å². The fourth-order valence-corrected chi connectivity index (χ4v) is 33.3. The van der Waals surface area contributed by atoms with Gasteiger partial charge in [0.1, 0.15) is 0 Å². The maximum atomic E-state index is 4.23. The van der Waals surface area contributed by atoms with E-state index in [1.54, 1.807) is 75.0 Å². The molecule has 0 fully saturated rings. The fourth-order valence-electron chi connectivity index (χ4n) is 9.54. The number of aryl methyl sites for hydroxylation is 1. The number of hydrogen-bond acceptors (Lipinski definition) is 3. The number of rotatable bonds is 5. The van der Waals surface area contributed by atoms with E-state index < -0.39 is 30.3 Å². The van der Waals surface area contributed by atoms with Crippen LogP contribution in [0.3, 0.4) is 0 Å². The summed E-state index contributed by atoms with van der Waals surface area (Å²) in [6.45, 7) is 25.7. The summed E-state index contributed by atoms with van der Waals surface area (Å²) in [5.74, 6) is 0.449. The normalized spacial score (nSPS) is 20.8. The average Bonchev–Trinajstić information content (AvgIpc) is 3.74. The second-order valence-corrected chi connectivity index (χ2v) is 48.5. The standard InChI is InChI=1S/C23H23S2Si.C10H9.C4H10N.C2H7Si.2CH3.2ClH.Ti.Zr/c1-12-10-15-8-6-7-9-16(15)19(12)20-13(2)24-17-11-18-22(21(17)20)23(26(4)5)14(3)25-18;1-8-6-9-4-2-3-5-10(9)7-8;1-4(2,3)5;1-3-2;;;;;;/h6-10,17,19,26H,1-5H3;2-7H,1H3;5H,1-3H3;3H,1-2H3;2*1H3;2*1H;;/q;;-1;;;;;;+3;/p-2. The van der Waals surface area contributed by atoms with E-state index in [0.29, 0.717) is 15.4 Å². The predicted octanol–water partition coefficient (Wildman–Crippen LogP) is 3.38. The number of nitrogens with one attached hydrogen (secondary N) is 1. The molecule has 0 saturated heterocycles. The maximum Gasteiger partial charge on any atom is -1.00 e. The van der Waals surface area contributed by atoms with Crippen molar-refractivity contribution in [3.63, 3.8) is 0 Å². The van der Waals surface area contributed by atoms with E-state index in [-0.39, 0.29) is 30.4 Å². The van der Waals surface area contributed by atoms with Gasteiger partial charge in [0.2, 0.25) is 0 Å². The van der Waals surface area contributed by atoms with Gasteiger partial charge in [0.15, 0.2) is 0 Å². The van der Waals surface area contributed by atoms with Gasteiger partial charge in [-0.25, -0.2) is 0 Å². The third-order valence-electron chi connectivity index (χ3n) is 11.7. The zero-order valence-corrected chi connectivity index (χ0v) is 41.7. The summed E-state index contributed by atoms with van der Waals surface area (Å²) in [7, 11) is -0.868. The van der Waals surface area contributed by atoms with E-state index in [1.807, 2.05) is 0 Å². The Morgan fingerprint density at radius 3 is 1.88 bits per heavy atom. The molecule has 0 bridgehead atoms. The quantitative estimate of drug-likeness (QED) is 0.395. The first-order valence-corrected chi connectivity index (χ1v) is 34.1. The Balaban J connectivity index is 0.000000223. The molecule has 7 rings (SSSR count). The summed E-state index contributed by atoms with van der Waals surface area (Å²) in [6.07, 6.45) is 4.84. The van der Waals surface area contributed by atoms with Gasteiger partial charge in [-0.05, 0) is 0 Å². The molecule has 1 nitrogen and oxygen atoms in total. The smallest absolute Gasteiger partial charge is 1.00 e. The van der Waals surface area contributed by atoms with Crippen LogP contribution in [0, 0.1) is 6.92 Å². The van der Waals surface area contributed by atoms with Gasteiger partial charge in [-0.1, -0.05) is 0 Å². The molecular weight excluding hydrogens is 837 g/mol. The van der Waals surface area contributed by atoms with Crippen LogP contribution < -0.4 is 43.6 Å². The summed E-state index contributed by atoms with van der Waals surface area (Å²) in [4.78, 5) is 3.13. The SMILES string of the molecule is CC1=Cc2ccccc2C1C1=C(C)SC2[C]([Zr])=c3sc(C)c([SiH](C)C)c3=C12.CC1=Cc2ccccc2[CH]1[Ti+2]([CH3])([CH3])([NH]C(C)(C)C)[SiH](C)C.[Cl-].[Cl-]. The molecule has 2 aromatic carbocycles. The molecule has 3 unspecified atom stereocenters. The van der Waals surface area contributed by atoms with Crippen molar-refractivity contribution >= 4 is 64.8 Å². The maximum absolute atomic E-state index is 4.23. The van der Waals surface area contributed by atoms with E-state index >= 15 is 0 Å². The number of halogens is 2. The van der Waals surface area contributed by atoms with Crippen LogP contribution in [0.1, 0.15) is 78.8 Å². The van der Waals surface area contributed by atoms with Crippen LogP contribution in [0.2, 0.25) is 36.6 Å². The van der Waals surface area contributed by atoms with E-state index in [1.165, 1.54) is 22.3 Å². The van der Waals surface area contributed by atoms with Crippen LogP contribution in [0.4, 0.5) is 0 Å². The van der Waals surface area contributed by atoms with Crippen LogP contribution in [0.25, 0.3) is 21.0 Å². The van der Waals surface area contributed by atoms with Gasteiger partial charge in [0.05, 0.1) is 0 Å². The predicted molar refractivity (Wildman–Crippen MR) is 217 cm³/mol. The molecule has 2 heterocycles. The summed E-state index contributed by atoms with van der Waals surface area (Å²) in [6, 6.07) is 18.0. The number of thioether (sulfide) groups is 1. The van der Waals surface area contributed by atoms with Crippen LogP contribution in [-0.4, -0.2) is 26.2 Å². The molecule has 0 amide bonds. The molecule has 9 heteroatoms. The Hall–Kier alpha value is 0.0212. The topological polar surface area (TPSA) is 12.0 Å². The Kier molecular flexibility index (Phi) is 13.1. The third kappa shape index (κ3) is 7.25. The molecule has 3 aromatic rings. The van der Waals surface area contributed by atoms with E-state index in [9.17, 15) is 0 Å². The van der Waals surface area contributed by atoms with Crippen molar-refractivity contribution in [2.75, 3.05) is 0 Å². The molecule has 0 radical (unpaired) electrons. The monoisotopic (exact) mass is 889 g/mol. The summed E-state index contributed by atoms with van der Waals surface area (Å²) < 4.78 is 8.21. The van der Waals surface area contributed by atoms with Gasteiger partial charge in [0.25, 0.3) is 0 Å². The minimum Gasteiger partial charge on any atom is -1.00 e. The fraction of sp³-hybridized carbons (Fsp3) is 0.415. The van der Waals surface area contributed by atoms with Crippen molar-refractivity contribution in [2.24, 2.45) is 0 Å². The van der Waals surface area contributed by atoms with Gasteiger partial charge in [-0.3, -0.25) is 0 Å². The Morgan fingerprint density at radius 2 is 1.32 bits per heavy atom. The second kappa shape index (κ2) is 15.3. The Labute approximate surface area is 342 Å². The van der Waals surface area contributed by atoms with Gasteiger partial charge in [-0.15, -0.1) is 0 Å². The van der Waals surface area contributed by atoms with Crippen LogP contribution in [-0.2, 0) is 39.5 Å². The van der Waals surface area contributed by atoms with Crippen LogP contribution in [0.15, 0.2) is 70.2 Å². The van der Waals surface area contributed by atoms with Crippen LogP contribution in [0.5, 0.6) is 0 Å². The van der Waals surface area contributed by atoms with Gasteiger partial charge < -0.3 is 24.8 Å². The molecule has 1 aromatic heterocycles. The van der Waals surface area contributed by atoms with E-state index in [0.717, 1.165) is 0 Å². The molecule has 266 valence electrons. The van der Waals surface area contributed by atoms with E-state index in [4.69, 9.17) is 0 Å². The number of fused-ring (bicyclic) bond motifs is 4. The van der Waals surface area contributed by atoms with Gasteiger partial charge >= 0.3 is 321 Å². The number of thiophene rings is 1. The van der Waals surface area contributed by atoms with Crippen LogP contribution >= 0.6 is 23.1 Å². The molecule has 3 aliphatic carbocycles. The summed E-state index contributed by atoms with van der Waals surface area (Å²) in [5.41, 5.74) is 12.6. The first-order valence-electron chi connectivity index (χ1n) is 17.9. The van der Waals surface area contributed by atoms with Crippen molar-refractivity contribution in [1.82, 2.24) is 3.80 Å². The molecule has 0 spiro atoms. The molecule has 1 N–H and O–H groups in total. The Morgan fingerprint density at radius 1 is 0.780 bits per heavy atom. The van der Waals surface area contributed by atoms with Crippen molar-refractivity contribution in [3.05, 3.63) is 107 Å². The first-order chi connectivity index (χ1) is 22.3. The van der Waals surface area contributed by atoms with Crippen molar-refractivity contribution in [1.29, 1.82) is 0 Å². The molecular formula is C41H55Cl2NS2Si2TiZr. The molecule has 0 saturated carbocycles. The van der Waals surface area contributed by atoms with Crippen molar-refractivity contribution < 1.29 is 64.4 Å². The second-order valence-electron chi connectivity index (χ2n) is 17.3. The van der Waals surface area contributed by atoms with Gasteiger partial charge in [0, 0.05) is 0 Å². The third-order valence-corrected chi connectivity index (χ3v) is 47.1. The largest absolute Gasteiger partial charge is 1.00 e.